The van der Waals surface area contributed by atoms with Crippen molar-refractivity contribution >= 4 is 17.4 Å². The van der Waals surface area contributed by atoms with Crippen LogP contribution in [0.2, 0.25) is 0 Å². The third-order valence-electron chi connectivity index (χ3n) is 3.47. The van der Waals surface area contributed by atoms with Crippen LogP contribution >= 0.6 is 11.5 Å². The Labute approximate surface area is 106 Å². The molecule has 2 heterocycles. The molecule has 94 valence electrons. The highest BCUT2D eigenvalue weighted by molar-refractivity contribution is 7.08. The number of aryl methyl sites for hydroxylation is 1. The van der Waals surface area contributed by atoms with E-state index in [1.54, 1.807) is 0 Å². The summed E-state index contributed by atoms with van der Waals surface area (Å²) in [4.78, 5) is 15.1. The molecule has 1 fully saturated rings. The number of hydrogen-bond donors (Lipinski definition) is 0. The number of nitrogens with zero attached hydrogens (tertiary/aromatic N) is 3. The van der Waals surface area contributed by atoms with Crippen LogP contribution in [-0.2, 0) is 6.42 Å². The van der Waals surface area contributed by atoms with Crippen LogP contribution in [-0.4, -0.2) is 33.5 Å². The number of carbonyl (C=O) groups is 1. The van der Waals surface area contributed by atoms with Crippen LogP contribution in [0, 0.1) is 5.92 Å². The zero-order valence-corrected chi connectivity index (χ0v) is 11.3. The maximum absolute atomic E-state index is 12.4. The number of hydrogen-bond acceptors (Lipinski definition) is 4. The van der Waals surface area contributed by atoms with Gasteiger partial charge in [-0.1, -0.05) is 24.8 Å². The van der Waals surface area contributed by atoms with Crippen molar-refractivity contribution in [3.8, 4) is 0 Å². The minimum atomic E-state index is 0.134. The summed E-state index contributed by atoms with van der Waals surface area (Å²) in [6.07, 6.45) is 4.31. The van der Waals surface area contributed by atoms with Gasteiger partial charge in [-0.25, -0.2) is 0 Å². The standard InChI is InChI=1S/C12H19N3OS/c1-3-9-6-5-7-15(8-9)12(16)11-10(4-2)13-14-17-11/h9H,3-8H2,1-2H3. The first-order chi connectivity index (χ1) is 8.26. The van der Waals surface area contributed by atoms with Gasteiger partial charge in [0.1, 0.15) is 4.88 Å². The maximum atomic E-state index is 12.4. The van der Waals surface area contributed by atoms with Crippen molar-refractivity contribution < 1.29 is 4.79 Å². The van der Waals surface area contributed by atoms with Crippen LogP contribution in [0.5, 0.6) is 0 Å². The highest BCUT2D eigenvalue weighted by Gasteiger charge is 2.26. The summed E-state index contributed by atoms with van der Waals surface area (Å²) in [5.74, 6) is 0.800. The van der Waals surface area contributed by atoms with E-state index in [4.69, 9.17) is 0 Å². The molecule has 1 aromatic heterocycles. The molecule has 1 aliphatic rings. The molecule has 2 rings (SSSR count). The first-order valence-corrected chi connectivity index (χ1v) is 7.14. The predicted octanol–water partition coefficient (Wildman–Crippen LogP) is 2.36. The lowest BCUT2D eigenvalue weighted by Crippen LogP contribution is -2.39. The molecule has 0 N–H and O–H groups in total. The highest BCUT2D eigenvalue weighted by atomic mass is 32.1. The minimum Gasteiger partial charge on any atom is -0.338 e. The van der Waals surface area contributed by atoms with E-state index in [2.05, 4.69) is 16.5 Å². The zero-order chi connectivity index (χ0) is 12.3. The third kappa shape index (κ3) is 2.65. The van der Waals surface area contributed by atoms with E-state index >= 15 is 0 Å². The Morgan fingerprint density at radius 1 is 1.53 bits per heavy atom. The fourth-order valence-electron chi connectivity index (χ4n) is 2.33. The molecule has 0 spiro atoms. The average Bonchev–Trinajstić information content (AvgIpc) is 2.86. The zero-order valence-electron chi connectivity index (χ0n) is 10.5. The molecule has 1 atom stereocenters. The van der Waals surface area contributed by atoms with Gasteiger partial charge in [-0.2, -0.15) is 0 Å². The van der Waals surface area contributed by atoms with Crippen LogP contribution in [0.15, 0.2) is 0 Å². The van der Waals surface area contributed by atoms with E-state index in [0.29, 0.717) is 5.92 Å². The van der Waals surface area contributed by atoms with Gasteiger partial charge in [0.05, 0.1) is 5.69 Å². The molecule has 4 nitrogen and oxygen atoms in total. The quantitative estimate of drug-likeness (QED) is 0.830. The number of piperidine rings is 1. The molecule has 0 saturated carbocycles. The molecule has 1 aliphatic heterocycles. The van der Waals surface area contributed by atoms with E-state index in [1.165, 1.54) is 18.0 Å². The SMILES string of the molecule is CCc1nnsc1C(=O)N1CCCC(CC)C1. The lowest BCUT2D eigenvalue weighted by Gasteiger charge is -2.32. The van der Waals surface area contributed by atoms with Crippen LogP contribution in [0.4, 0.5) is 0 Å². The van der Waals surface area contributed by atoms with Gasteiger partial charge in [0.25, 0.3) is 5.91 Å². The summed E-state index contributed by atoms with van der Waals surface area (Å²) >= 11 is 1.23. The third-order valence-corrected chi connectivity index (χ3v) is 4.22. The average molecular weight is 253 g/mol. The molecule has 0 bridgehead atoms. The Hall–Kier alpha value is -0.970. The molecule has 1 aromatic rings. The number of rotatable bonds is 3. The van der Waals surface area contributed by atoms with Crippen molar-refractivity contribution in [1.82, 2.24) is 14.5 Å². The number of carbonyl (C=O) groups excluding carboxylic acids is 1. The Balaban J connectivity index is 2.09. The summed E-state index contributed by atoms with van der Waals surface area (Å²) in [7, 11) is 0. The lowest BCUT2D eigenvalue weighted by molar-refractivity contribution is 0.0675. The van der Waals surface area contributed by atoms with Crippen molar-refractivity contribution in [2.24, 2.45) is 5.92 Å². The van der Waals surface area contributed by atoms with Crippen molar-refractivity contribution in [2.75, 3.05) is 13.1 Å². The van der Waals surface area contributed by atoms with Gasteiger partial charge < -0.3 is 4.90 Å². The van der Waals surface area contributed by atoms with Gasteiger partial charge in [0.2, 0.25) is 0 Å². The summed E-state index contributed by atoms with van der Waals surface area (Å²) in [6, 6.07) is 0. The first kappa shape index (κ1) is 12.5. The molecule has 0 aromatic carbocycles. The van der Waals surface area contributed by atoms with Crippen molar-refractivity contribution in [3.63, 3.8) is 0 Å². The van der Waals surface area contributed by atoms with Crippen LogP contribution < -0.4 is 0 Å². The summed E-state index contributed by atoms with van der Waals surface area (Å²) in [6.45, 7) is 6.00. The van der Waals surface area contributed by atoms with Crippen LogP contribution in [0.1, 0.15) is 48.5 Å². The van der Waals surface area contributed by atoms with Gasteiger partial charge in [0, 0.05) is 13.1 Å². The second-order valence-electron chi connectivity index (χ2n) is 4.57. The second-order valence-corrected chi connectivity index (χ2v) is 5.32. The molecule has 1 saturated heterocycles. The van der Waals surface area contributed by atoms with E-state index in [0.717, 1.165) is 42.9 Å². The second kappa shape index (κ2) is 5.58. The van der Waals surface area contributed by atoms with Crippen molar-refractivity contribution in [3.05, 3.63) is 10.6 Å². The largest absolute Gasteiger partial charge is 0.338 e. The maximum Gasteiger partial charge on any atom is 0.267 e. The number of amides is 1. The van der Waals surface area contributed by atoms with Crippen molar-refractivity contribution in [1.29, 1.82) is 0 Å². The van der Waals surface area contributed by atoms with Gasteiger partial charge in [-0.3, -0.25) is 4.79 Å². The Bertz CT molecular complexity index is 391. The van der Waals surface area contributed by atoms with Gasteiger partial charge in [0.15, 0.2) is 0 Å². The smallest absolute Gasteiger partial charge is 0.267 e. The molecule has 5 heteroatoms. The minimum absolute atomic E-state index is 0.134. The van der Waals surface area contributed by atoms with E-state index in [9.17, 15) is 4.79 Å². The predicted molar refractivity (Wildman–Crippen MR) is 68.2 cm³/mol. The van der Waals surface area contributed by atoms with E-state index in [1.807, 2.05) is 11.8 Å². The van der Waals surface area contributed by atoms with Gasteiger partial charge in [-0.15, -0.1) is 5.10 Å². The molecular formula is C12H19N3OS. The van der Waals surface area contributed by atoms with E-state index in [-0.39, 0.29) is 5.91 Å². The fraction of sp³-hybridized carbons (Fsp3) is 0.750. The Morgan fingerprint density at radius 2 is 2.35 bits per heavy atom. The number of aromatic nitrogens is 2. The molecule has 1 unspecified atom stereocenters. The summed E-state index contributed by atoms with van der Waals surface area (Å²) in [5.41, 5.74) is 0.846. The molecule has 1 amide bonds. The topological polar surface area (TPSA) is 46.1 Å². The molecular weight excluding hydrogens is 234 g/mol. The summed E-state index contributed by atoms with van der Waals surface area (Å²) in [5, 5.41) is 4.01. The fourth-order valence-corrected chi connectivity index (χ4v) is 3.05. The first-order valence-electron chi connectivity index (χ1n) is 6.36. The lowest BCUT2D eigenvalue weighted by atomic mass is 9.95. The number of likely N-dealkylation sites (tertiary alicyclic amines) is 1. The summed E-state index contributed by atoms with van der Waals surface area (Å²) < 4.78 is 3.89. The van der Waals surface area contributed by atoms with Crippen LogP contribution in [0.25, 0.3) is 0 Å². The van der Waals surface area contributed by atoms with Gasteiger partial charge >= 0.3 is 0 Å². The Kier molecular flexibility index (Phi) is 4.10. The Morgan fingerprint density at radius 3 is 3.06 bits per heavy atom. The molecule has 0 radical (unpaired) electrons. The monoisotopic (exact) mass is 253 g/mol. The molecule has 0 aliphatic carbocycles. The van der Waals surface area contributed by atoms with E-state index < -0.39 is 0 Å². The van der Waals surface area contributed by atoms with Gasteiger partial charge in [-0.05, 0) is 36.7 Å². The van der Waals surface area contributed by atoms with Crippen LogP contribution in [0.3, 0.4) is 0 Å². The highest BCUT2D eigenvalue weighted by Crippen LogP contribution is 2.22. The normalized spacial score (nSPS) is 20.6. The molecule has 17 heavy (non-hydrogen) atoms. The van der Waals surface area contributed by atoms with Crippen molar-refractivity contribution in [2.45, 2.75) is 39.5 Å².